The third kappa shape index (κ3) is 4.66. The van der Waals surface area contributed by atoms with Crippen molar-refractivity contribution in [3.63, 3.8) is 0 Å². The van der Waals surface area contributed by atoms with E-state index in [1.165, 1.54) is 27.3 Å². The van der Waals surface area contributed by atoms with Crippen LogP contribution in [0.5, 0.6) is 0 Å². The number of aryl methyl sites for hydroxylation is 2. The first-order valence-corrected chi connectivity index (χ1v) is 12.7. The normalized spacial score (nSPS) is 17.7. The number of carbonyl (C=O) groups is 1. The molecular formula is C23H27N3O3S2. The van der Waals surface area contributed by atoms with Gasteiger partial charge in [0.15, 0.2) is 10.9 Å². The Bertz CT molecular complexity index is 1230. The monoisotopic (exact) mass is 457 g/mol. The van der Waals surface area contributed by atoms with Gasteiger partial charge in [0.1, 0.15) is 0 Å². The number of carbonyl (C=O) groups excluding carboxylic acids is 1. The maximum atomic E-state index is 13.0. The summed E-state index contributed by atoms with van der Waals surface area (Å²) < 4.78 is 28.7. The predicted octanol–water partition coefficient (Wildman–Crippen LogP) is 4.63. The molecule has 0 saturated carbocycles. The van der Waals surface area contributed by atoms with Gasteiger partial charge in [0.25, 0.3) is 0 Å². The van der Waals surface area contributed by atoms with Crippen LogP contribution in [0.3, 0.4) is 0 Å². The molecule has 1 saturated heterocycles. The van der Waals surface area contributed by atoms with Gasteiger partial charge in [0.05, 0.1) is 21.7 Å². The molecule has 164 valence electrons. The summed E-state index contributed by atoms with van der Waals surface area (Å²) in [4.78, 5) is 17.5. The van der Waals surface area contributed by atoms with Gasteiger partial charge in [0, 0.05) is 18.7 Å². The molecule has 1 unspecified atom stereocenters. The highest BCUT2D eigenvalue weighted by molar-refractivity contribution is 7.89. The molecule has 6 nitrogen and oxygen atoms in total. The van der Waals surface area contributed by atoms with Gasteiger partial charge in [-0.1, -0.05) is 36.5 Å². The number of fused-ring (bicyclic) bond motifs is 1. The first-order chi connectivity index (χ1) is 14.7. The number of rotatable bonds is 6. The minimum Gasteiger partial charge on any atom is -0.354 e. The average molecular weight is 458 g/mol. The lowest BCUT2D eigenvalue weighted by Crippen LogP contribution is -2.39. The average Bonchev–Trinajstić information content (AvgIpc) is 3.15. The molecule has 0 aliphatic carbocycles. The fourth-order valence-corrected chi connectivity index (χ4v) is 6.73. The zero-order valence-corrected chi connectivity index (χ0v) is 19.6. The van der Waals surface area contributed by atoms with Crippen LogP contribution in [0, 0.1) is 19.8 Å². The number of benzene rings is 2. The van der Waals surface area contributed by atoms with Gasteiger partial charge in [0.2, 0.25) is 10.0 Å². The highest BCUT2D eigenvalue weighted by Crippen LogP contribution is 2.29. The molecule has 8 heteroatoms. The minimum atomic E-state index is -3.59. The van der Waals surface area contributed by atoms with Crippen LogP contribution in [0.4, 0.5) is 5.13 Å². The Balaban J connectivity index is 1.49. The van der Waals surface area contributed by atoms with E-state index in [4.69, 9.17) is 0 Å². The van der Waals surface area contributed by atoms with Gasteiger partial charge in [-0.25, -0.2) is 13.4 Å². The molecule has 1 fully saturated rings. The number of thiazole rings is 1. The van der Waals surface area contributed by atoms with Crippen molar-refractivity contribution in [2.75, 3.05) is 25.0 Å². The minimum absolute atomic E-state index is 0.0576. The largest absolute Gasteiger partial charge is 0.354 e. The van der Waals surface area contributed by atoms with Crippen molar-refractivity contribution in [2.24, 2.45) is 5.92 Å². The second kappa shape index (κ2) is 8.68. The molecule has 1 N–H and O–H groups in total. The van der Waals surface area contributed by atoms with Crippen molar-refractivity contribution < 1.29 is 13.2 Å². The summed E-state index contributed by atoms with van der Waals surface area (Å²) in [5.41, 5.74) is 3.61. The first kappa shape index (κ1) is 21.9. The van der Waals surface area contributed by atoms with Crippen molar-refractivity contribution in [2.45, 2.75) is 38.5 Å². The number of hydrogen-bond acceptors (Lipinski definition) is 6. The van der Waals surface area contributed by atoms with Gasteiger partial charge in [-0.15, -0.1) is 0 Å². The summed E-state index contributed by atoms with van der Waals surface area (Å²) in [5, 5.41) is 3.79. The molecule has 4 rings (SSSR count). The molecule has 0 spiro atoms. The summed E-state index contributed by atoms with van der Waals surface area (Å²) in [5.74, 6) is 0.176. The van der Waals surface area contributed by atoms with Crippen LogP contribution in [-0.2, 0) is 10.0 Å². The number of piperidine rings is 1. The Morgan fingerprint density at radius 1 is 1.26 bits per heavy atom. The van der Waals surface area contributed by atoms with Crippen LogP contribution in [0.15, 0.2) is 41.3 Å². The summed E-state index contributed by atoms with van der Waals surface area (Å²) in [6.07, 6.45) is 1.91. The van der Waals surface area contributed by atoms with E-state index < -0.39 is 10.0 Å². The molecule has 1 aliphatic heterocycles. The third-order valence-corrected chi connectivity index (χ3v) is 8.46. The lowest BCUT2D eigenvalue weighted by molar-refractivity contribution is 0.101. The molecule has 31 heavy (non-hydrogen) atoms. The van der Waals surface area contributed by atoms with E-state index >= 15 is 0 Å². The van der Waals surface area contributed by atoms with Crippen molar-refractivity contribution in [1.29, 1.82) is 0 Å². The zero-order valence-electron chi connectivity index (χ0n) is 18.0. The van der Waals surface area contributed by atoms with Crippen LogP contribution in [-0.4, -0.2) is 43.1 Å². The fraction of sp³-hybridized carbons (Fsp3) is 0.391. The Hall–Kier alpha value is -2.29. The summed E-state index contributed by atoms with van der Waals surface area (Å²) in [6.45, 7) is 7.26. The maximum absolute atomic E-state index is 13.0. The summed E-state index contributed by atoms with van der Waals surface area (Å²) in [7, 11) is -3.59. The number of hydrogen-bond donors (Lipinski definition) is 1. The Morgan fingerprint density at radius 3 is 2.84 bits per heavy atom. The van der Waals surface area contributed by atoms with Gasteiger partial charge < -0.3 is 5.32 Å². The van der Waals surface area contributed by atoms with E-state index in [0.717, 1.165) is 28.6 Å². The van der Waals surface area contributed by atoms with Crippen molar-refractivity contribution in [3.8, 4) is 0 Å². The van der Waals surface area contributed by atoms with E-state index in [-0.39, 0.29) is 17.2 Å². The van der Waals surface area contributed by atoms with Gasteiger partial charge in [-0.2, -0.15) is 4.31 Å². The van der Waals surface area contributed by atoms with Crippen LogP contribution in [0.2, 0.25) is 0 Å². The quantitative estimate of drug-likeness (QED) is 0.546. The standard InChI is InChI=1S/C23H27N3O3S2/c1-15-6-5-9-26(14-15)31(28,29)19-8-4-7-18(12-19)20(27)13-24-23-25-22-17(3)10-16(2)11-21(22)30-23/h4,7-8,10-12,15H,5-6,9,13-14H2,1-3H3,(H,24,25). The molecule has 1 aromatic heterocycles. The highest BCUT2D eigenvalue weighted by atomic mass is 32.2. The van der Waals surface area contributed by atoms with Crippen LogP contribution in [0.25, 0.3) is 10.2 Å². The Labute approximate surface area is 187 Å². The maximum Gasteiger partial charge on any atom is 0.243 e. The number of nitrogens with zero attached hydrogens (tertiary/aromatic N) is 2. The van der Waals surface area contributed by atoms with Crippen LogP contribution >= 0.6 is 11.3 Å². The highest BCUT2D eigenvalue weighted by Gasteiger charge is 2.29. The number of anilines is 1. The summed E-state index contributed by atoms with van der Waals surface area (Å²) >= 11 is 1.51. The third-order valence-electron chi connectivity index (χ3n) is 5.64. The number of Topliss-reactive ketones (excluding diaryl/α,β-unsaturated/α-hetero) is 1. The van der Waals surface area contributed by atoms with E-state index in [1.54, 1.807) is 18.2 Å². The molecule has 0 amide bonds. The number of nitrogens with one attached hydrogen (secondary N) is 1. The first-order valence-electron chi connectivity index (χ1n) is 10.5. The van der Waals surface area contributed by atoms with Gasteiger partial charge in [-0.05, 0) is 61.9 Å². The topological polar surface area (TPSA) is 79.4 Å². The SMILES string of the molecule is Cc1cc(C)c2nc(NCC(=O)c3cccc(S(=O)(=O)N4CCCC(C)C4)c3)sc2c1. The molecule has 1 aliphatic rings. The number of ketones is 1. The number of sulfonamides is 1. The molecular weight excluding hydrogens is 430 g/mol. The molecule has 3 aromatic rings. The second-order valence-corrected chi connectivity index (χ2v) is 11.3. The zero-order chi connectivity index (χ0) is 22.2. The molecule has 2 heterocycles. The smallest absolute Gasteiger partial charge is 0.243 e. The lowest BCUT2D eigenvalue weighted by atomic mass is 10.0. The van der Waals surface area contributed by atoms with E-state index in [9.17, 15) is 13.2 Å². The Kier molecular flexibility index (Phi) is 6.14. The van der Waals surface area contributed by atoms with E-state index in [1.807, 2.05) is 13.8 Å². The Morgan fingerprint density at radius 2 is 2.06 bits per heavy atom. The van der Waals surface area contributed by atoms with Gasteiger partial charge in [-0.3, -0.25) is 4.79 Å². The number of aromatic nitrogens is 1. The van der Waals surface area contributed by atoms with Crippen LogP contribution < -0.4 is 5.32 Å². The van der Waals surface area contributed by atoms with Crippen LogP contribution in [0.1, 0.15) is 41.3 Å². The lowest BCUT2D eigenvalue weighted by Gasteiger charge is -2.30. The fourth-order valence-electron chi connectivity index (χ4n) is 4.05. The predicted molar refractivity (Wildman–Crippen MR) is 126 cm³/mol. The van der Waals surface area contributed by atoms with Gasteiger partial charge >= 0.3 is 0 Å². The summed E-state index contributed by atoms with van der Waals surface area (Å²) in [6, 6.07) is 10.5. The molecule has 0 bridgehead atoms. The van der Waals surface area contributed by atoms with E-state index in [2.05, 4.69) is 29.4 Å². The van der Waals surface area contributed by atoms with Crippen molar-refractivity contribution in [3.05, 3.63) is 53.1 Å². The molecule has 1 atom stereocenters. The van der Waals surface area contributed by atoms with E-state index in [0.29, 0.717) is 29.7 Å². The second-order valence-electron chi connectivity index (χ2n) is 8.36. The van der Waals surface area contributed by atoms with Crippen molar-refractivity contribution >= 4 is 42.5 Å². The molecule has 2 aromatic carbocycles. The molecule has 0 radical (unpaired) electrons. The van der Waals surface area contributed by atoms with Crippen molar-refractivity contribution in [1.82, 2.24) is 9.29 Å².